The second-order valence-electron chi connectivity index (χ2n) is 6.09. The molecule has 0 aromatic heterocycles. The number of carbonyl (C=O) groups excluding carboxylic acids is 2. The van der Waals surface area contributed by atoms with Crippen LogP contribution < -0.4 is 20.9 Å². The summed E-state index contributed by atoms with van der Waals surface area (Å²) in [6.07, 6.45) is 0.840. The lowest BCUT2D eigenvalue weighted by atomic mass is 10.1. The number of hydrogen-bond donors (Lipinski definition) is 3. The van der Waals surface area contributed by atoms with Gasteiger partial charge in [0.15, 0.2) is 0 Å². The van der Waals surface area contributed by atoms with E-state index < -0.39 is 6.03 Å². The molecule has 0 unspecified atom stereocenters. The van der Waals surface area contributed by atoms with Crippen LogP contribution in [0.2, 0.25) is 10.0 Å². The van der Waals surface area contributed by atoms with Gasteiger partial charge >= 0.3 is 6.03 Å². The van der Waals surface area contributed by atoms with Crippen LogP contribution in [0.25, 0.3) is 0 Å². The summed E-state index contributed by atoms with van der Waals surface area (Å²) in [6.45, 7) is 2.57. The number of urea groups is 1. The zero-order chi connectivity index (χ0) is 20.0. The zero-order valence-electron chi connectivity index (χ0n) is 15.4. The number of hydrogen-bond acceptors (Lipinski definition) is 3. The molecule has 0 aliphatic rings. The summed E-state index contributed by atoms with van der Waals surface area (Å²) in [4.78, 5) is 26.5. The van der Waals surface area contributed by atoms with Crippen molar-refractivity contribution in [2.24, 2.45) is 0 Å². The van der Waals surface area contributed by atoms with Gasteiger partial charge in [0.05, 0.1) is 15.6 Å². The van der Waals surface area contributed by atoms with E-state index in [0.29, 0.717) is 33.5 Å². The standard InChI is InChI=1S/C19H22Cl2N4O2/c1-4-9-22-18(26)14-10-12(6-8-17(14)25(2)3)23-19(27)24-13-5-7-15(20)16(21)11-13/h5-8,10-11H,4,9H2,1-3H3,(H,22,26)(H2,23,24,27). The molecule has 6 nitrogen and oxygen atoms in total. The van der Waals surface area contributed by atoms with Crippen molar-refractivity contribution < 1.29 is 9.59 Å². The van der Waals surface area contributed by atoms with Gasteiger partial charge in [-0.2, -0.15) is 0 Å². The lowest BCUT2D eigenvalue weighted by Crippen LogP contribution is -2.27. The maximum absolute atomic E-state index is 12.4. The minimum absolute atomic E-state index is 0.186. The Bertz CT molecular complexity index is 840. The minimum atomic E-state index is -0.453. The fourth-order valence-corrected chi connectivity index (χ4v) is 2.68. The Morgan fingerprint density at radius 3 is 2.19 bits per heavy atom. The fraction of sp³-hybridized carbons (Fsp3) is 0.263. The van der Waals surface area contributed by atoms with Gasteiger partial charge in [-0.15, -0.1) is 0 Å². The van der Waals surface area contributed by atoms with Crippen molar-refractivity contribution in [1.29, 1.82) is 0 Å². The van der Waals surface area contributed by atoms with Crippen LogP contribution in [0.4, 0.5) is 21.9 Å². The lowest BCUT2D eigenvalue weighted by Gasteiger charge is -2.18. The van der Waals surface area contributed by atoms with E-state index >= 15 is 0 Å². The average Bonchev–Trinajstić information content (AvgIpc) is 2.62. The molecule has 2 rings (SSSR count). The first-order valence-electron chi connectivity index (χ1n) is 8.44. The molecule has 0 fully saturated rings. The molecule has 0 aliphatic carbocycles. The van der Waals surface area contributed by atoms with Crippen molar-refractivity contribution in [1.82, 2.24) is 5.32 Å². The number of nitrogens with one attached hydrogen (secondary N) is 3. The van der Waals surface area contributed by atoms with Crippen LogP contribution in [0.1, 0.15) is 23.7 Å². The van der Waals surface area contributed by atoms with Crippen LogP contribution in [-0.2, 0) is 0 Å². The summed E-state index contributed by atoms with van der Waals surface area (Å²) in [7, 11) is 3.71. The molecule has 0 radical (unpaired) electrons. The normalized spacial score (nSPS) is 10.3. The van der Waals surface area contributed by atoms with Crippen LogP contribution in [0, 0.1) is 0 Å². The van der Waals surface area contributed by atoms with Crippen molar-refractivity contribution in [3.63, 3.8) is 0 Å². The molecular weight excluding hydrogens is 387 g/mol. The summed E-state index contributed by atoms with van der Waals surface area (Å²) in [6, 6.07) is 9.52. The second-order valence-corrected chi connectivity index (χ2v) is 6.90. The molecular formula is C19H22Cl2N4O2. The number of carbonyl (C=O) groups is 2. The number of nitrogens with zero attached hydrogens (tertiary/aromatic N) is 1. The van der Waals surface area contributed by atoms with Crippen molar-refractivity contribution >= 4 is 52.2 Å². The topological polar surface area (TPSA) is 73.5 Å². The molecule has 0 spiro atoms. The number of benzene rings is 2. The zero-order valence-corrected chi connectivity index (χ0v) is 16.9. The van der Waals surface area contributed by atoms with Gasteiger partial charge in [0.1, 0.15) is 0 Å². The minimum Gasteiger partial charge on any atom is -0.377 e. The molecule has 2 aromatic rings. The Hall–Kier alpha value is -2.44. The summed E-state index contributed by atoms with van der Waals surface area (Å²) in [5.41, 5.74) is 2.26. The first kappa shape index (κ1) is 20.9. The molecule has 0 saturated heterocycles. The predicted octanol–water partition coefficient (Wildman–Crippen LogP) is 4.84. The van der Waals surface area contributed by atoms with Crippen LogP contribution in [0.3, 0.4) is 0 Å². The van der Waals surface area contributed by atoms with Gasteiger partial charge in [-0.25, -0.2) is 4.79 Å². The summed E-state index contributed by atoms with van der Waals surface area (Å²) >= 11 is 11.8. The van der Waals surface area contributed by atoms with E-state index in [1.54, 1.807) is 36.4 Å². The molecule has 3 N–H and O–H groups in total. The van der Waals surface area contributed by atoms with Gasteiger partial charge in [0.2, 0.25) is 0 Å². The van der Waals surface area contributed by atoms with Crippen molar-refractivity contribution in [3.8, 4) is 0 Å². The average molecular weight is 409 g/mol. The SMILES string of the molecule is CCCNC(=O)c1cc(NC(=O)Nc2ccc(Cl)c(Cl)c2)ccc1N(C)C. The highest BCUT2D eigenvalue weighted by atomic mass is 35.5. The maximum atomic E-state index is 12.4. The molecule has 0 atom stereocenters. The quantitative estimate of drug-likeness (QED) is 0.639. The van der Waals surface area contributed by atoms with Gasteiger partial charge < -0.3 is 20.9 Å². The first-order valence-corrected chi connectivity index (χ1v) is 9.20. The Kier molecular flexibility index (Phi) is 7.33. The molecule has 27 heavy (non-hydrogen) atoms. The largest absolute Gasteiger partial charge is 0.377 e. The third-order valence-corrected chi connectivity index (χ3v) is 4.43. The Morgan fingerprint density at radius 2 is 1.59 bits per heavy atom. The van der Waals surface area contributed by atoms with Gasteiger partial charge in [-0.3, -0.25) is 4.79 Å². The monoisotopic (exact) mass is 408 g/mol. The third-order valence-electron chi connectivity index (χ3n) is 3.69. The van der Waals surface area contributed by atoms with Crippen molar-refractivity contribution in [2.45, 2.75) is 13.3 Å². The molecule has 2 aromatic carbocycles. The smallest absolute Gasteiger partial charge is 0.323 e. The summed E-state index contributed by atoms with van der Waals surface area (Å²) < 4.78 is 0. The number of halogens is 2. The van der Waals surface area contributed by atoms with Gasteiger partial charge in [0, 0.05) is 37.7 Å². The first-order chi connectivity index (χ1) is 12.8. The molecule has 0 heterocycles. The number of anilines is 3. The molecule has 0 aliphatic heterocycles. The lowest BCUT2D eigenvalue weighted by molar-refractivity contribution is 0.0954. The van der Waals surface area contributed by atoms with Crippen LogP contribution in [0.5, 0.6) is 0 Å². The Labute approximate surface area is 168 Å². The molecule has 0 saturated carbocycles. The van der Waals surface area contributed by atoms with E-state index in [4.69, 9.17) is 23.2 Å². The highest BCUT2D eigenvalue weighted by Gasteiger charge is 2.14. The summed E-state index contributed by atoms with van der Waals surface area (Å²) in [5, 5.41) is 9.00. The van der Waals surface area contributed by atoms with E-state index in [1.165, 1.54) is 0 Å². The van der Waals surface area contributed by atoms with Gasteiger partial charge in [0.25, 0.3) is 5.91 Å². The molecule has 8 heteroatoms. The predicted molar refractivity (Wildman–Crippen MR) is 112 cm³/mol. The molecule has 0 bridgehead atoms. The van der Waals surface area contributed by atoms with Crippen molar-refractivity contribution in [3.05, 3.63) is 52.0 Å². The van der Waals surface area contributed by atoms with Crippen LogP contribution >= 0.6 is 23.2 Å². The van der Waals surface area contributed by atoms with Crippen LogP contribution in [0.15, 0.2) is 36.4 Å². The van der Waals surface area contributed by atoms with Crippen LogP contribution in [-0.4, -0.2) is 32.6 Å². The highest BCUT2D eigenvalue weighted by Crippen LogP contribution is 2.26. The Morgan fingerprint density at radius 1 is 0.963 bits per heavy atom. The van der Waals surface area contributed by atoms with E-state index in [1.807, 2.05) is 25.9 Å². The highest BCUT2D eigenvalue weighted by molar-refractivity contribution is 6.42. The van der Waals surface area contributed by atoms with Crippen molar-refractivity contribution in [2.75, 3.05) is 36.2 Å². The van der Waals surface area contributed by atoms with Gasteiger partial charge in [-0.05, 0) is 42.8 Å². The molecule has 144 valence electrons. The fourth-order valence-electron chi connectivity index (χ4n) is 2.39. The van der Waals surface area contributed by atoms with E-state index in [9.17, 15) is 9.59 Å². The second kappa shape index (κ2) is 9.48. The van der Waals surface area contributed by atoms with E-state index in [0.717, 1.165) is 12.1 Å². The third kappa shape index (κ3) is 5.77. The van der Waals surface area contributed by atoms with Gasteiger partial charge in [-0.1, -0.05) is 30.1 Å². The summed E-state index contributed by atoms with van der Waals surface area (Å²) in [5.74, 6) is -0.186. The van der Waals surface area contributed by atoms with E-state index in [2.05, 4.69) is 16.0 Å². The van der Waals surface area contributed by atoms with E-state index in [-0.39, 0.29) is 5.91 Å². The molecule has 3 amide bonds. The number of rotatable bonds is 6. The Balaban J connectivity index is 2.16. The maximum Gasteiger partial charge on any atom is 0.323 e. The number of amides is 3.